The fourth-order valence-electron chi connectivity index (χ4n) is 3.48. The van der Waals surface area contributed by atoms with Gasteiger partial charge in [0.05, 0.1) is 12.1 Å². The molecule has 1 amide bonds. The Morgan fingerprint density at radius 1 is 1.09 bits per heavy atom. The molecule has 0 aliphatic carbocycles. The molecule has 1 fully saturated rings. The second kappa shape index (κ2) is 9.22. The van der Waals surface area contributed by atoms with Gasteiger partial charge >= 0.3 is 6.18 Å². The minimum Gasteiger partial charge on any atom is -0.447 e. The second-order valence-corrected chi connectivity index (χ2v) is 7.84. The van der Waals surface area contributed by atoms with Gasteiger partial charge in [-0.25, -0.2) is 4.98 Å². The van der Waals surface area contributed by atoms with Gasteiger partial charge in [0.25, 0.3) is 5.91 Å². The van der Waals surface area contributed by atoms with Crippen molar-refractivity contribution in [2.75, 3.05) is 36.4 Å². The molecule has 10 heteroatoms. The van der Waals surface area contributed by atoms with Crippen molar-refractivity contribution in [2.45, 2.75) is 12.7 Å². The molecule has 0 spiro atoms. The lowest BCUT2D eigenvalue weighted by Gasteiger charge is -2.35. The number of halogens is 4. The van der Waals surface area contributed by atoms with Gasteiger partial charge in [0.15, 0.2) is 5.69 Å². The molecule has 0 unspecified atom stereocenters. The molecule has 2 aromatic carbocycles. The fourth-order valence-corrected chi connectivity index (χ4v) is 3.67. The predicted octanol–water partition coefficient (Wildman–Crippen LogP) is 4.92. The molecule has 6 nitrogen and oxygen atoms in total. The molecule has 1 N–H and O–H groups in total. The third-order valence-electron chi connectivity index (χ3n) is 5.14. The lowest BCUT2D eigenvalue weighted by atomic mass is 10.1. The number of carbonyl (C=O) groups is 1. The van der Waals surface area contributed by atoms with Gasteiger partial charge in [-0.05, 0) is 36.4 Å². The number of piperazine rings is 1. The molecule has 168 valence electrons. The molecule has 1 aliphatic heterocycles. The van der Waals surface area contributed by atoms with Gasteiger partial charge in [-0.1, -0.05) is 23.7 Å². The minimum absolute atomic E-state index is 0.155. The average molecular weight is 465 g/mol. The van der Waals surface area contributed by atoms with Crippen molar-refractivity contribution < 1.29 is 22.4 Å². The summed E-state index contributed by atoms with van der Waals surface area (Å²) in [7, 11) is 0. The van der Waals surface area contributed by atoms with Crippen molar-refractivity contribution in [1.82, 2.24) is 9.88 Å². The third kappa shape index (κ3) is 5.41. The monoisotopic (exact) mass is 464 g/mol. The zero-order valence-corrected chi connectivity index (χ0v) is 17.7. The fraction of sp³-hybridized carbons (Fsp3) is 0.273. The van der Waals surface area contributed by atoms with Crippen LogP contribution in [0.4, 0.5) is 24.5 Å². The van der Waals surface area contributed by atoms with Crippen LogP contribution in [-0.4, -0.2) is 42.0 Å². The molecule has 2 heterocycles. The van der Waals surface area contributed by atoms with Crippen LogP contribution in [0.25, 0.3) is 0 Å². The Bertz CT molecular complexity index is 1090. The van der Waals surface area contributed by atoms with E-state index in [4.69, 9.17) is 16.0 Å². The number of hydrogen-bond acceptors (Lipinski definition) is 5. The molecule has 4 rings (SSSR count). The van der Waals surface area contributed by atoms with Crippen LogP contribution < -0.4 is 10.2 Å². The Labute approximate surface area is 187 Å². The van der Waals surface area contributed by atoms with Crippen LogP contribution in [-0.2, 0) is 12.7 Å². The van der Waals surface area contributed by atoms with Gasteiger partial charge in [-0.3, -0.25) is 9.69 Å². The number of benzene rings is 2. The van der Waals surface area contributed by atoms with Gasteiger partial charge in [-0.15, -0.1) is 0 Å². The SMILES string of the molecule is O=C(Nc1cccc(Cl)c1)c1coc(CN2CCN(c3cccc(C(F)(F)F)c3)CC2)n1. The van der Waals surface area contributed by atoms with E-state index in [2.05, 4.69) is 15.2 Å². The van der Waals surface area contributed by atoms with Crippen molar-refractivity contribution in [3.05, 3.63) is 77.0 Å². The molecular formula is C22H20ClF3N4O2. The summed E-state index contributed by atoms with van der Waals surface area (Å²) in [6, 6.07) is 12.1. The normalized spacial score (nSPS) is 15.1. The zero-order valence-electron chi connectivity index (χ0n) is 16.9. The summed E-state index contributed by atoms with van der Waals surface area (Å²) in [4.78, 5) is 20.6. The van der Waals surface area contributed by atoms with Gasteiger partial charge in [0, 0.05) is 42.6 Å². The summed E-state index contributed by atoms with van der Waals surface area (Å²) in [6.07, 6.45) is -3.06. The Morgan fingerprint density at radius 3 is 2.56 bits per heavy atom. The molecule has 0 bridgehead atoms. The van der Waals surface area contributed by atoms with E-state index in [9.17, 15) is 18.0 Å². The number of aromatic nitrogens is 1. The highest BCUT2D eigenvalue weighted by Gasteiger charge is 2.31. The molecule has 32 heavy (non-hydrogen) atoms. The molecule has 1 saturated heterocycles. The van der Waals surface area contributed by atoms with E-state index in [0.29, 0.717) is 55.0 Å². The largest absolute Gasteiger partial charge is 0.447 e. The maximum absolute atomic E-state index is 13.0. The highest BCUT2D eigenvalue weighted by molar-refractivity contribution is 6.30. The quantitative estimate of drug-likeness (QED) is 0.580. The summed E-state index contributed by atoms with van der Waals surface area (Å²) in [5.74, 6) is -0.00889. The van der Waals surface area contributed by atoms with Crippen LogP contribution >= 0.6 is 11.6 Å². The number of hydrogen-bond donors (Lipinski definition) is 1. The van der Waals surface area contributed by atoms with E-state index in [-0.39, 0.29) is 5.69 Å². The molecule has 0 atom stereocenters. The Morgan fingerprint density at radius 2 is 1.84 bits per heavy atom. The summed E-state index contributed by atoms with van der Waals surface area (Å²) < 4.78 is 44.3. The van der Waals surface area contributed by atoms with Crippen LogP contribution in [0.3, 0.4) is 0 Å². The predicted molar refractivity (Wildman–Crippen MR) is 115 cm³/mol. The first-order valence-corrected chi connectivity index (χ1v) is 10.3. The van der Waals surface area contributed by atoms with Gasteiger partial charge in [0.1, 0.15) is 6.26 Å². The number of rotatable bonds is 5. The zero-order chi connectivity index (χ0) is 22.7. The number of nitrogens with one attached hydrogen (secondary N) is 1. The molecule has 1 aliphatic rings. The van der Waals surface area contributed by atoms with E-state index in [1.807, 2.05) is 4.90 Å². The van der Waals surface area contributed by atoms with Gasteiger partial charge < -0.3 is 14.6 Å². The van der Waals surface area contributed by atoms with Crippen molar-refractivity contribution in [1.29, 1.82) is 0 Å². The topological polar surface area (TPSA) is 61.6 Å². The van der Waals surface area contributed by atoms with Crippen LogP contribution in [0.2, 0.25) is 5.02 Å². The first-order valence-electron chi connectivity index (χ1n) is 9.94. The van der Waals surface area contributed by atoms with E-state index in [1.54, 1.807) is 30.3 Å². The van der Waals surface area contributed by atoms with Crippen LogP contribution in [0.15, 0.2) is 59.2 Å². The first-order chi connectivity index (χ1) is 15.3. The number of alkyl halides is 3. The van der Waals surface area contributed by atoms with E-state index >= 15 is 0 Å². The maximum Gasteiger partial charge on any atom is 0.416 e. The highest BCUT2D eigenvalue weighted by atomic mass is 35.5. The van der Waals surface area contributed by atoms with Crippen molar-refractivity contribution in [3.8, 4) is 0 Å². The lowest BCUT2D eigenvalue weighted by molar-refractivity contribution is -0.137. The van der Waals surface area contributed by atoms with Crippen LogP contribution in [0.5, 0.6) is 0 Å². The number of anilines is 2. The number of carbonyl (C=O) groups excluding carboxylic acids is 1. The molecule has 3 aromatic rings. The molecule has 0 radical (unpaired) electrons. The number of amides is 1. The summed E-state index contributed by atoms with van der Waals surface area (Å²) in [5, 5.41) is 3.22. The first kappa shape index (κ1) is 22.2. The van der Waals surface area contributed by atoms with Gasteiger partial charge in [-0.2, -0.15) is 13.2 Å². The summed E-state index contributed by atoms with van der Waals surface area (Å²) in [6.45, 7) is 2.81. The number of nitrogens with zero attached hydrogens (tertiary/aromatic N) is 3. The van der Waals surface area contributed by atoms with E-state index in [0.717, 1.165) is 6.07 Å². The average Bonchev–Trinajstić information content (AvgIpc) is 3.22. The summed E-state index contributed by atoms with van der Waals surface area (Å²) >= 11 is 5.92. The standard InChI is InChI=1S/C22H20ClF3N4O2/c23-16-4-2-5-17(12-16)27-21(31)19-14-32-20(28-19)13-29-7-9-30(10-8-29)18-6-1-3-15(11-18)22(24,25)26/h1-6,11-12,14H,7-10,13H2,(H,27,31). The third-order valence-corrected chi connectivity index (χ3v) is 5.37. The highest BCUT2D eigenvalue weighted by Crippen LogP contribution is 2.32. The maximum atomic E-state index is 13.0. The molecule has 0 saturated carbocycles. The van der Waals surface area contributed by atoms with Gasteiger partial charge in [0.2, 0.25) is 5.89 Å². The van der Waals surface area contributed by atoms with E-state index < -0.39 is 17.6 Å². The van der Waals surface area contributed by atoms with E-state index in [1.165, 1.54) is 18.4 Å². The Balaban J connectivity index is 1.31. The van der Waals surface area contributed by atoms with Crippen LogP contribution in [0.1, 0.15) is 21.9 Å². The van der Waals surface area contributed by atoms with Crippen molar-refractivity contribution in [3.63, 3.8) is 0 Å². The minimum atomic E-state index is -4.36. The smallest absolute Gasteiger partial charge is 0.416 e. The Kier molecular flexibility index (Phi) is 6.38. The Hall–Kier alpha value is -3.04. The van der Waals surface area contributed by atoms with Crippen LogP contribution in [0, 0.1) is 0 Å². The molecular weight excluding hydrogens is 445 g/mol. The number of oxazole rings is 1. The van der Waals surface area contributed by atoms with Crippen molar-refractivity contribution >= 4 is 28.9 Å². The van der Waals surface area contributed by atoms with Crippen molar-refractivity contribution in [2.24, 2.45) is 0 Å². The second-order valence-electron chi connectivity index (χ2n) is 7.40. The lowest BCUT2D eigenvalue weighted by Crippen LogP contribution is -2.46. The summed E-state index contributed by atoms with van der Waals surface area (Å²) in [5.41, 5.74) is 0.608. The molecule has 1 aromatic heterocycles.